The van der Waals surface area contributed by atoms with Crippen molar-refractivity contribution in [1.82, 2.24) is 5.32 Å². The Hall–Kier alpha value is -1.26. The van der Waals surface area contributed by atoms with Crippen molar-refractivity contribution < 1.29 is 9.53 Å². The largest absolute Gasteiger partial charge is 0.491 e. The highest BCUT2D eigenvalue weighted by Crippen LogP contribution is 2.32. The molecule has 1 heterocycles. The van der Waals surface area contributed by atoms with Crippen LogP contribution in [0.15, 0.2) is 24.3 Å². The van der Waals surface area contributed by atoms with E-state index < -0.39 is 0 Å². The van der Waals surface area contributed by atoms with Gasteiger partial charge in [0, 0.05) is 12.0 Å². The van der Waals surface area contributed by atoms with Crippen LogP contribution in [0, 0.1) is 11.8 Å². The Bertz CT molecular complexity index is 505. The summed E-state index contributed by atoms with van der Waals surface area (Å²) >= 11 is 0. The highest BCUT2D eigenvalue weighted by Gasteiger charge is 2.26. The monoisotopic (exact) mass is 324 g/mol. The highest BCUT2D eigenvalue weighted by molar-refractivity contribution is 5.94. The fourth-order valence-electron chi connectivity index (χ4n) is 2.79. The van der Waals surface area contributed by atoms with Gasteiger partial charge in [-0.2, -0.15) is 0 Å². The lowest BCUT2D eigenvalue weighted by Gasteiger charge is -2.27. The van der Waals surface area contributed by atoms with Gasteiger partial charge in [-0.3, -0.25) is 4.79 Å². The summed E-state index contributed by atoms with van der Waals surface area (Å²) in [5.74, 6) is 1.71. The number of hydrogen-bond acceptors (Lipinski definition) is 3. The zero-order valence-corrected chi connectivity index (χ0v) is 13.8. The van der Waals surface area contributed by atoms with Crippen molar-refractivity contribution in [2.24, 2.45) is 11.8 Å². The molecule has 2 fully saturated rings. The number of ether oxygens (including phenoxy) is 1. The summed E-state index contributed by atoms with van der Waals surface area (Å²) in [6, 6.07) is 8.15. The molecule has 1 aromatic carbocycles. The molecule has 1 aliphatic heterocycles. The molecule has 2 N–H and O–H groups in total. The van der Waals surface area contributed by atoms with E-state index in [1.54, 1.807) is 0 Å². The Morgan fingerprint density at radius 1 is 1.32 bits per heavy atom. The lowest BCUT2D eigenvalue weighted by molar-refractivity contribution is -0.120. The number of piperidine rings is 1. The van der Waals surface area contributed by atoms with E-state index >= 15 is 0 Å². The highest BCUT2D eigenvalue weighted by atomic mass is 35.5. The quantitative estimate of drug-likeness (QED) is 0.874. The molecule has 2 aliphatic rings. The van der Waals surface area contributed by atoms with Gasteiger partial charge >= 0.3 is 0 Å². The van der Waals surface area contributed by atoms with Crippen molar-refractivity contribution in [3.05, 3.63) is 24.3 Å². The molecule has 0 aromatic heterocycles. The van der Waals surface area contributed by atoms with Gasteiger partial charge in [-0.25, -0.2) is 0 Å². The van der Waals surface area contributed by atoms with Crippen LogP contribution < -0.4 is 15.4 Å². The maximum atomic E-state index is 12.4. The predicted octanol–water partition coefficient (Wildman–Crippen LogP) is 3.22. The van der Waals surface area contributed by atoms with E-state index in [4.69, 9.17) is 4.74 Å². The fourth-order valence-corrected chi connectivity index (χ4v) is 2.79. The summed E-state index contributed by atoms with van der Waals surface area (Å²) in [7, 11) is 0. The first-order chi connectivity index (χ1) is 10.2. The molecule has 22 heavy (non-hydrogen) atoms. The summed E-state index contributed by atoms with van der Waals surface area (Å²) in [5, 5.41) is 6.43. The number of rotatable bonds is 5. The minimum absolute atomic E-state index is 0. The number of halogens is 1. The van der Waals surface area contributed by atoms with Crippen molar-refractivity contribution in [3.63, 3.8) is 0 Å². The maximum Gasteiger partial charge on any atom is 0.227 e. The van der Waals surface area contributed by atoms with Crippen LogP contribution >= 0.6 is 12.4 Å². The van der Waals surface area contributed by atoms with Gasteiger partial charge in [0.1, 0.15) is 5.75 Å². The van der Waals surface area contributed by atoms with Gasteiger partial charge in [0.25, 0.3) is 0 Å². The van der Waals surface area contributed by atoms with E-state index in [9.17, 15) is 4.79 Å². The van der Waals surface area contributed by atoms with Crippen LogP contribution in [0.25, 0.3) is 0 Å². The Morgan fingerprint density at radius 3 is 2.82 bits per heavy atom. The minimum Gasteiger partial charge on any atom is -0.491 e. The normalized spacial score (nSPS) is 24.2. The van der Waals surface area contributed by atoms with Crippen molar-refractivity contribution >= 4 is 24.0 Å². The molecule has 0 radical (unpaired) electrons. The Kier molecular flexibility index (Phi) is 6.09. The SMILES string of the molecule is C[C@H]1C[C@@H](C(=O)Nc2ccccc2OCC2CC2)CCN1.Cl. The van der Waals surface area contributed by atoms with Crippen LogP contribution in [0.4, 0.5) is 5.69 Å². The molecule has 5 heteroatoms. The third-order valence-corrected chi connectivity index (χ3v) is 4.31. The van der Waals surface area contributed by atoms with Crippen molar-refractivity contribution in [1.29, 1.82) is 0 Å². The minimum atomic E-state index is 0. The average molecular weight is 325 g/mol. The number of nitrogens with one attached hydrogen (secondary N) is 2. The molecule has 1 aliphatic carbocycles. The Labute approximate surface area is 138 Å². The molecule has 1 aromatic rings. The molecule has 0 bridgehead atoms. The molecule has 122 valence electrons. The first kappa shape index (κ1) is 17.1. The standard InChI is InChI=1S/C17H24N2O2.ClH/c1-12-10-14(8-9-18-12)17(20)19-15-4-2-3-5-16(15)21-11-13-6-7-13;/h2-5,12-14,18H,6-11H2,1H3,(H,19,20);1H/t12-,14-;/m0./s1. The molecule has 0 unspecified atom stereocenters. The second-order valence-electron chi connectivity index (χ2n) is 6.32. The number of hydrogen-bond donors (Lipinski definition) is 2. The zero-order chi connectivity index (χ0) is 14.7. The first-order valence-electron chi connectivity index (χ1n) is 7.98. The van der Waals surface area contributed by atoms with Crippen LogP contribution in [0.3, 0.4) is 0 Å². The summed E-state index contributed by atoms with van der Waals surface area (Å²) < 4.78 is 5.84. The Morgan fingerprint density at radius 2 is 2.09 bits per heavy atom. The van der Waals surface area contributed by atoms with E-state index in [0.29, 0.717) is 12.0 Å². The second-order valence-corrected chi connectivity index (χ2v) is 6.32. The lowest BCUT2D eigenvalue weighted by Crippen LogP contribution is -2.40. The number of amides is 1. The number of carbonyl (C=O) groups excluding carboxylic acids is 1. The van der Waals surface area contributed by atoms with Gasteiger partial charge in [0.2, 0.25) is 5.91 Å². The number of anilines is 1. The molecule has 1 saturated heterocycles. The van der Waals surface area contributed by atoms with Gasteiger partial charge in [0.05, 0.1) is 12.3 Å². The fraction of sp³-hybridized carbons (Fsp3) is 0.588. The lowest BCUT2D eigenvalue weighted by atomic mass is 9.92. The maximum absolute atomic E-state index is 12.4. The summed E-state index contributed by atoms with van der Waals surface area (Å²) in [5.41, 5.74) is 0.800. The topological polar surface area (TPSA) is 50.4 Å². The molecule has 1 saturated carbocycles. The Balaban J connectivity index is 0.00000176. The van der Waals surface area contributed by atoms with Crippen molar-refractivity contribution in [2.75, 3.05) is 18.5 Å². The third-order valence-electron chi connectivity index (χ3n) is 4.31. The summed E-state index contributed by atoms with van der Waals surface area (Å²) in [6.07, 6.45) is 4.33. The van der Waals surface area contributed by atoms with Crippen LogP contribution in [0.2, 0.25) is 0 Å². The molecule has 1 amide bonds. The van der Waals surface area contributed by atoms with Crippen LogP contribution in [-0.4, -0.2) is 25.1 Å². The van der Waals surface area contributed by atoms with Gasteiger partial charge < -0.3 is 15.4 Å². The number of para-hydroxylation sites is 2. The summed E-state index contributed by atoms with van der Waals surface area (Å²) in [6.45, 7) is 3.81. The first-order valence-corrected chi connectivity index (χ1v) is 7.98. The molecular formula is C17H25ClN2O2. The van der Waals surface area contributed by atoms with Crippen molar-refractivity contribution in [2.45, 2.75) is 38.6 Å². The second kappa shape index (κ2) is 7.84. The van der Waals surface area contributed by atoms with Crippen LogP contribution in [0.5, 0.6) is 5.75 Å². The molecule has 4 nitrogen and oxygen atoms in total. The number of benzene rings is 1. The van der Waals surface area contributed by atoms with E-state index in [1.165, 1.54) is 12.8 Å². The van der Waals surface area contributed by atoms with Gasteiger partial charge in [-0.05, 0) is 57.2 Å². The molecule has 0 spiro atoms. The van der Waals surface area contributed by atoms with E-state index in [-0.39, 0.29) is 24.2 Å². The number of carbonyl (C=O) groups is 1. The molecular weight excluding hydrogens is 300 g/mol. The van der Waals surface area contributed by atoms with Crippen LogP contribution in [0.1, 0.15) is 32.6 Å². The van der Waals surface area contributed by atoms with Crippen LogP contribution in [-0.2, 0) is 4.79 Å². The smallest absolute Gasteiger partial charge is 0.227 e. The average Bonchev–Trinajstić information content (AvgIpc) is 3.30. The van der Waals surface area contributed by atoms with Gasteiger partial charge in [-0.15, -0.1) is 12.4 Å². The molecule has 3 rings (SSSR count). The van der Waals surface area contributed by atoms with Crippen molar-refractivity contribution in [3.8, 4) is 5.75 Å². The predicted molar refractivity (Wildman–Crippen MR) is 90.7 cm³/mol. The van der Waals surface area contributed by atoms with E-state index in [2.05, 4.69) is 17.6 Å². The third kappa shape index (κ3) is 4.62. The zero-order valence-electron chi connectivity index (χ0n) is 13.0. The van der Waals surface area contributed by atoms with Gasteiger partial charge in [-0.1, -0.05) is 12.1 Å². The molecule has 2 atom stereocenters. The van der Waals surface area contributed by atoms with E-state index in [0.717, 1.165) is 37.4 Å². The summed E-state index contributed by atoms with van der Waals surface area (Å²) in [4.78, 5) is 12.4. The van der Waals surface area contributed by atoms with E-state index in [1.807, 2.05) is 24.3 Å². The van der Waals surface area contributed by atoms with Gasteiger partial charge in [0.15, 0.2) is 0 Å².